The van der Waals surface area contributed by atoms with Crippen LogP contribution in [0.1, 0.15) is 120 Å². The molecule has 50 heteroatoms. The second-order valence-corrected chi connectivity index (χ2v) is 29.9. The number of nitrogens with two attached hydrogens (primary N) is 3. The standard InChI is InChI=1S/C12H11ClN2O4S.C12H13N3O4S.C12H11N3O4.C12H15N3O3S.C12H13N3O2.C6H7BO2.C6H7N3O4.2C2H4O2.Cu/c2*1-2-19-12(16)10-8-11(20(13,17)18)14-15(10)9-6-4-3-5-7-9;1-2-19-12(16)10-8-11(15(17)18)13-14(10)9-6-4-3-5-7-9;1-12(2,16)10-8-11(19(13,17)18)14-15(10)9-6-4-3-5-7-9;1-2-17-12(16)10-8-11(13)14-15(10)9-6-4-3-5-7-9;8-7(9)6-4-2-1-3-5-6;1-2-13-6(10)4-3-5(8-7-4)9(11)12;2*1-2(3)4;/h3-8H,2H2,1H3;3-8H,2H2,1H3,(H2,13,17,18);3-8H,2H2,1H3;3-8,16H,1-2H3,(H2,13,17,18);3-8H,2H2,1H3,(H2,13,14);1-5,8-9H;3H,2H2,1H3,(H,7,8);2*1H3,(H,3,4);. The molecule has 6 aromatic carbocycles. The van der Waals surface area contributed by atoms with Crippen LogP contribution in [-0.2, 0) is 85.0 Å². The molecule has 12 aromatic rings. The van der Waals surface area contributed by atoms with Crippen LogP contribution in [0.5, 0.6) is 0 Å². The number of carboxylic acids is 2. The zero-order valence-electron chi connectivity index (χ0n) is 68.1. The summed E-state index contributed by atoms with van der Waals surface area (Å²) in [5.74, 6) is -5.19. The van der Waals surface area contributed by atoms with Crippen LogP contribution in [0.4, 0.5) is 17.5 Å². The normalized spacial score (nSPS) is 10.4. The van der Waals surface area contributed by atoms with E-state index in [1.54, 1.807) is 188 Å². The number of carbonyl (C=O) groups is 7. The quantitative estimate of drug-likeness (QED) is 0.00819. The largest absolute Gasteiger partial charge is 0.488 e. The van der Waals surface area contributed by atoms with Gasteiger partial charge < -0.3 is 75.0 Å². The summed E-state index contributed by atoms with van der Waals surface area (Å²) in [4.78, 5) is 95.8. The summed E-state index contributed by atoms with van der Waals surface area (Å²) < 4.78 is 98.8. The first-order chi connectivity index (χ1) is 58.8. The molecule has 0 saturated carbocycles. The second kappa shape index (κ2) is 51.2. The van der Waals surface area contributed by atoms with E-state index in [1.165, 1.54) is 35.5 Å². The molecule has 12 rings (SSSR count). The van der Waals surface area contributed by atoms with E-state index in [1.807, 2.05) is 42.5 Å². The first kappa shape index (κ1) is 106. The Kier molecular flexibility index (Phi) is 43.1. The number of sulfonamides is 2. The Morgan fingerprint density at radius 1 is 0.452 bits per heavy atom. The van der Waals surface area contributed by atoms with Crippen molar-refractivity contribution in [1.29, 1.82) is 0 Å². The van der Waals surface area contributed by atoms with Gasteiger partial charge in [-0.3, -0.25) is 9.59 Å². The number of nitrogens with one attached hydrogen (secondary N) is 1. The maximum absolute atomic E-state index is 11.9. The van der Waals surface area contributed by atoms with Gasteiger partial charge in [-0.05, 0) is 124 Å². The minimum Gasteiger partial charge on any atom is -0.481 e. The van der Waals surface area contributed by atoms with E-state index >= 15 is 0 Å². The second-order valence-electron chi connectivity index (χ2n) is 24.3. The fourth-order valence-corrected chi connectivity index (χ4v) is 10.9. The summed E-state index contributed by atoms with van der Waals surface area (Å²) in [7, 11) is -8.03. The zero-order chi connectivity index (χ0) is 93.5. The molecular weight excluding hydrogens is 1790 g/mol. The molecular formula is C76H85BClCuN17O27S3. The van der Waals surface area contributed by atoms with Crippen LogP contribution < -0.4 is 21.5 Å². The van der Waals surface area contributed by atoms with Crippen molar-refractivity contribution in [2.24, 2.45) is 10.3 Å². The minimum atomic E-state index is -4.03. The number of aliphatic hydroxyl groups is 1. The number of nitrogens with zero attached hydrogens (tertiary/aromatic N) is 13. The summed E-state index contributed by atoms with van der Waals surface area (Å²) in [5, 5.41) is 97.2. The number of aromatic nitrogens is 12. The summed E-state index contributed by atoms with van der Waals surface area (Å²) in [6.45, 7) is 14.7. The van der Waals surface area contributed by atoms with Crippen molar-refractivity contribution in [3.63, 3.8) is 0 Å². The molecule has 44 nitrogen and oxygen atoms in total. The van der Waals surface area contributed by atoms with Gasteiger partial charge >= 0.3 is 48.6 Å². The molecule has 0 saturated heterocycles. The Hall–Kier alpha value is -14.0. The van der Waals surface area contributed by atoms with Crippen molar-refractivity contribution in [2.75, 3.05) is 38.8 Å². The number of H-pyrrole nitrogens is 1. The van der Waals surface area contributed by atoms with Gasteiger partial charge in [-0.1, -0.05) is 126 Å². The summed E-state index contributed by atoms with van der Waals surface area (Å²) in [6.07, 6.45) is 0. The number of nitro groups is 2. The molecule has 0 atom stereocenters. The molecule has 12 N–H and O–H groups in total. The molecule has 0 amide bonds. The van der Waals surface area contributed by atoms with Crippen molar-refractivity contribution < 1.29 is 135 Å². The summed E-state index contributed by atoms with van der Waals surface area (Å²) in [5.41, 5.74) is 8.54. The molecule has 675 valence electrons. The number of primary sulfonamides is 2. The molecule has 0 fully saturated rings. The topological polar surface area (TPSA) is 651 Å². The summed E-state index contributed by atoms with van der Waals surface area (Å²) >= 11 is 0. The van der Waals surface area contributed by atoms with Crippen molar-refractivity contribution in [3.05, 3.63) is 273 Å². The number of esters is 5. The maximum Gasteiger partial charge on any atom is 0.488 e. The van der Waals surface area contributed by atoms with Gasteiger partial charge in [0.2, 0.25) is 0 Å². The Morgan fingerprint density at radius 3 is 1.04 bits per heavy atom. The zero-order valence-corrected chi connectivity index (χ0v) is 72.2. The number of hydrogen-bond acceptors (Lipinski definition) is 32. The number of nitrogen functional groups attached to an aromatic ring is 1. The molecule has 6 heterocycles. The van der Waals surface area contributed by atoms with Gasteiger partial charge in [0.1, 0.15) is 11.4 Å². The monoisotopic (exact) mass is 1870 g/mol. The number of carbonyl (C=O) groups excluding carboxylic acids is 5. The van der Waals surface area contributed by atoms with Crippen LogP contribution in [0.25, 0.3) is 28.4 Å². The molecule has 6 aromatic heterocycles. The summed E-state index contributed by atoms with van der Waals surface area (Å²) in [6, 6.07) is 59.9. The molecule has 126 heavy (non-hydrogen) atoms. The number of rotatable bonds is 22. The number of para-hydroxylation sites is 5. The number of aromatic amines is 1. The van der Waals surface area contributed by atoms with Gasteiger partial charge in [-0.2, -0.15) is 15.3 Å². The van der Waals surface area contributed by atoms with E-state index in [4.69, 9.17) is 75.5 Å². The van der Waals surface area contributed by atoms with Crippen LogP contribution in [-0.4, -0.2) is 202 Å². The van der Waals surface area contributed by atoms with E-state index in [9.17, 15) is 74.6 Å². The van der Waals surface area contributed by atoms with E-state index in [2.05, 4.69) is 40.4 Å². The SMILES string of the molecule is CC(=O)O.CC(=O)O.CC(C)(O)c1cc(S(N)(=O)=O)nn1-c1ccccc1.CCOC(=O)c1cc(N)nn1-c1ccccc1.CCOC(=O)c1cc(S(=O)(=O)Cl)nn1-c1ccccc1.CCOC(=O)c1cc(S(N)(=O)=O)nn1-c1ccccc1.CCOC(=O)c1cc([N+](=O)[O-])[nH]n1.CCOC(=O)c1cc([N+](=O)[O-])nn1-c1ccccc1.OB(O)c1ccccc1.[Cu]. The molecule has 1 radical (unpaired) electrons. The number of carboxylic acid groups (broad SMARTS) is 2. The van der Waals surface area contributed by atoms with Crippen LogP contribution in [0, 0.1) is 20.2 Å². The predicted octanol–water partition coefficient (Wildman–Crippen LogP) is 7.05. The number of ether oxygens (including phenoxy) is 5. The van der Waals surface area contributed by atoms with Crippen molar-refractivity contribution in [1.82, 2.24) is 59.1 Å². The van der Waals surface area contributed by atoms with Crippen molar-refractivity contribution >= 4 is 112 Å². The predicted molar refractivity (Wildman–Crippen MR) is 448 cm³/mol. The number of hydrogen-bond donors (Lipinski definition) is 9. The third kappa shape index (κ3) is 34.7. The number of anilines is 1. The van der Waals surface area contributed by atoms with Gasteiger partial charge in [-0.15, -0.1) is 14.9 Å². The van der Waals surface area contributed by atoms with E-state index in [0.29, 0.717) is 46.2 Å². The third-order valence-electron chi connectivity index (χ3n) is 14.4. The molecule has 0 aliphatic heterocycles. The Morgan fingerprint density at radius 2 is 0.738 bits per heavy atom. The number of aliphatic carboxylic acids is 2. The number of benzene rings is 6. The van der Waals surface area contributed by atoms with Gasteiger partial charge in [-0.25, -0.2) is 78.2 Å². The molecule has 0 unspecified atom stereocenters. The third-order valence-corrected chi connectivity index (χ3v) is 17.2. The van der Waals surface area contributed by atoms with Crippen LogP contribution in [0.15, 0.2) is 233 Å². The van der Waals surface area contributed by atoms with Crippen molar-refractivity contribution in [3.8, 4) is 28.4 Å². The average Bonchev–Trinajstić information content (AvgIpc) is 1.59. The van der Waals surface area contributed by atoms with Crippen LogP contribution >= 0.6 is 10.7 Å². The van der Waals surface area contributed by atoms with Crippen LogP contribution in [0.2, 0.25) is 0 Å². The van der Waals surface area contributed by atoms with E-state index in [-0.39, 0.29) is 88.0 Å². The minimum absolute atomic E-state index is 0. The Bertz CT molecular complexity index is 5780. The molecule has 0 aliphatic rings. The van der Waals surface area contributed by atoms with E-state index in [0.717, 1.165) is 43.8 Å². The average molecular weight is 1870 g/mol. The Balaban J connectivity index is 0.000000376. The fraction of sp³-hybridized carbons (Fsp3) is 0.197. The first-order valence-corrected chi connectivity index (χ1v) is 41.5. The fourth-order valence-electron chi connectivity index (χ4n) is 9.34. The van der Waals surface area contributed by atoms with E-state index < -0.39 is 104 Å². The van der Waals surface area contributed by atoms with Crippen LogP contribution in [0.3, 0.4) is 0 Å². The van der Waals surface area contributed by atoms with Crippen molar-refractivity contribution in [2.45, 2.75) is 83.0 Å². The Labute approximate surface area is 734 Å². The first-order valence-electron chi connectivity index (χ1n) is 36.1. The van der Waals surface area contributed by atoms with Gasteiger partial charge in [0.15, 0.2) is 43.5 Å². The van der Waals surface area contributed by atoms with Gasteiger partial charge in [0, 0.05) is 65.9 Å². The molecule has 0 bridgehead atoms. The maximum atomic E-state index is 11.9. The molecule has 0 aliphatic carbocycles. The van der Waals surface area contributed by atoms with Gasteiger partial charge in [0.05, 0.1) is 84.4 Å². The van der Waals surface area contributed by atoms with Gasteiger partial charge in [0.25, 0.3) is 41.0 Å². The number of halogens is 1. The smallest absolute Gasteiger partial charge is 0.481 e. The molecule has 0 spiro atoms.